The fraction of sp³-hybridized carbons (Fsp3) is 0.238. The van der Waals surface area contributed by atoms with Crippen LogP contribution in [0.2, 0.25) is 0 Å². The molecule has 0 N–H and O–H groups in total. The van der Waals surface area contributed by atoms with Gasteiger partial charge in [0.2, 0.25) is 0 Å². The Hall–Kier alpha value is -2.93. The number of benzene rings is 1. The molecule has 0 bridgehead atoms. The molecule has 2 heterocycles. The molecule has 1 aliphatic heterocycles. The lowest BCUT2D eigenvalue weighted by molar-refractivity contribution is -0.137. The minimum absolute atomic E-state index is 0.291. The molecule has 0 fully saturated rings. The number of hydrogen-bond acceptors (Lipinski definition) is 6. The highest BCUT2D eigenvalue weighted by Crippen LogP contribution is 2.39. The Morgan fingerprint density at radius 3 is 2.14 bits per heavy atom. The number of esters is 2. The summed E-state index contributed by atoms with van der Waals surface area (Å²) in [5.74, 6) is -1.83. The lowest BCUT2D eigenvalue weighted by Gasteiger charge is -2.29. The first kappa shape index (κ1) is 19.8. The maximum absolute atomic E-state index is 13.1. The fourth-order valence-corrected chi connectivity index (χ4v) is 3.95. The number of rotatable bonds is 6. The second kappa shape index (κ2) is 8.84. The van der Waals surface area contributed by atoms with Crippen LogP contribution in [0.15, 0.2) is 65.3 Å². The van der Waals surface area contributed by atoms with E-state index in [-0.39, 0.29) is 5.82 Å². The van der Waals surface area contributed by atoms with E-state index in [1.165, 1.54) is 37.7 Å². The summed E-state index contributed by atoms with van der Waals surface area (Å²) in [7, 11) is 2.63. The van der Waals surface area contributed by atoms with Crippen LogP contribution in [0.5, 0.6) is 0 Å². The second-order valence-electron chi connectivity index (χ2n) is 6.21. The zero-order chi connectivity index (χ0) is 20.1. The Balaban J connectivity index is 1.92. The van der Waals surface area contributed by atoms with Crippen molar-refractivity contribution in [3.05, 3.63) is 81.6 Å². The highest BCUT2D eigenvalue weighted by atomic mass is 32.1. The third-order valence-corrected chi connectivity index (χ3v) is 5.41. The van der Waals surface area contributed by atoms with Gasteiger partial charge in [0.25, 0.3) is 0 Å². The average Bonchev–Trinajstić information content (AvgIpc) is 3.25. The predicted molar refractivity (Wildman–Crippen MR) is 104 cm³/mol. The van der Waals surface area contributed by atoms with Gasteiger partial charge in [-0.15, -0.1) is 11.3 Å². The van der Waals surface area contributed by atoms with Gasteiger partial charge in [0.1, 0.15) is 5.82 Å². The van der Waals surface area contributed by atoms with Gasteiger partial charge in [-0.1, -0.05) is 18.2 Å². The molecule has 1 aromatic heterocycles. The number of carbonyl (C=O) groups is 2. The maximum atomic E-state index is 13.1. The first-order valence-corrected chi connectivity index (χ1v) is 9.55. The van der Waals surface area contributed by atoms with Gasteiger partial charge in [-0.3, -0.25) is 0 Å². The zero-order valence-corrected chi connectivity index (χ0v) is 16.4. The molecule has 0 unspecified atom stereocenters. The lowest BCUT2D eigenvalue weighted by atomic mass is 9.88. The molecule has 7 heteroatoms. The molecule has 0 aliphatic carbocycles. The molecule has 2 aromatic rings. The van der Waals surface area contributed by atoms with Crippen molar-refractivity contribution in [2.45, 2.75) is 12.3 Å². The second-order valence-corrected chi connectivity index (χ2v) is 7.19. The molecule has 0 saturated carbocycles. The molecule has 3 rings (SSSR count). The molecular formula is C21H20FNO4S. The van der Waals surface area contributed by atoms with Gasteiger partial charge in [0.15, 0.2) is 0 Å². The van der Waals surface area contributed by atoms with Gasteiger partial charge in [-0.2, -0.15) is 0 Å². The first-order chi connectivity index (χ1) is 13.5. The zero-order valence-electron chi connectivity index (χ0n) is 15.6. The molecular weight excluding hydrogens is 381 g/mol. The molecule has 0 saturated heterocycles. The van der Waals surface area contributed by atoms with E-state index in [1.807, 2.05) is 17.5 Å². The minimum Gasteiger partial charge on any atom is -0.466 e. The first-order valence-electron chi connectivity index (χ1n) is 8.67. The molecule has 5 nitrogen and oxygen atoms in total. The molecule has 0 spiro atoms. The van der Waals surface area contributed by atoms with Gasteiger partial charge in [0, 0.05) is 23.8 Å². The molecule has 146 valence electrons. The van der Waals surface area contributed by atoms with Crippen molar-refractivity contribution >= 4 is 23.3 Å². The van der Waals surface area contributed by atoms with E-state index in [0.717, 1.165) is 10.4 Å². The van der Waals surface area contributed by atoms with Crippen molar-refractivity contribution in [1.82, 2.24) is 4.90 Å². The third kappa shape index (κ3) is 4.31. The Labute approximate surface area is 166 Å². The van der Waals surface area contributed by atoms with Crippen LogP contribution >= 0.6 is 11.3 Å². The normalized spacial score (nSPS) is 14.3. The quantitative estimate of drug-likeness (QED) is 0.692. The summed E-state index contributed by atoms with van der Waals surface area (Å²) in [4.78, 5) is 27.5. The largest absolute Gasteiger partial charge is 0.466 e. The van der Waals surface area contributed by atoms with Crippen LogP contribution in [0.1, 0.15) is 16.4 Å². The summed E-state index contributed by atoms with van der Waals surface area (Å²) >= 11 is 1.45. The van der Waals surface area contributed by atoms with Gasteiger partial charge in [0.05, 0.1) is 31.3 Å². The lowest BCUT2D eigenvalue weighted by Crippen LogP contribution is -2.29. The SMILES string of the molecule is COC(=O)C1=CN(CCc2ccc(F)cc2)C=C(C(=O)OC)C1c1cccs1. The van der Waals surface area contributed by atoms with Crippen LogP contribution in [0.4, 0.5) is 4.39 Å². The predicted octanol–water partition coefficient (Wildman–Crippen LogP) is 3.64. The monoisotopic (exact) mass is 401 g/mol. The van der Waals surface area contributed by atoms with Crippen molar-refractivity contribution in [1.29, 1.82) is 0 Å². The minimum atomic E-state index is -0.540. The fourth-order valence-electron chi connectivity index (χ4n) is 3.09. The van der Waals surface area contributed by atoms with E-state index in [0.29, 0.717) is 24.1 Å². The van der Waals surface area contributed by atoms with E-state index < -0.39 is 17.9 Å². The highest BCUT2D eigenvalue weighted by Gasteiger charge is 2.35. The molecule has 1 aromatic carbocycles. The number of thiophene rings is 1. The van der Waals surface area contributed by atoms with Crippen LogP contribution in [0, 0.1) is 5.82 Å². The average molecular weight is 401 g/mol. The van der Waals surface area contributed by atoms with Crippen molar-refractivity contribution in [3.8, 4) is 0 Å². The van der Waals surface area contributed by atoms with Crippen LogP contribution in [-0.4, -0.2) is 37.6 Å². The summed E-state index contributed by atoms with van der Waals surface area (Å²) in [6.07, 6.45) is 4.01. The molecule has 0 radical (unpaired) electrons. The van der Waals surface area contributed by atoms with Gasteiger partial charge >= 0.3 is 11.9 Å². The van der Waals surface area contributed by atoms with Crippen molar-refractivity contribution in [2.75, 3.05) is 20.8 Å². The summed E-state index contributed by atoms with van der Waals surface area (Å²) in [5.41, 5.74) is 1.68. The smallest absolute Gasteiger partial charge is 0.336 e. The van der Waals surface area contributed by atoms with Crippen LogP contribution in [-0.2, 0) is 25.5 Å². The Morgan fingerprint density at radius 2 is 1.64 bits per heavy atom. The Kier molecular flexibility index (Phi) is 6.26. The molecule has 0 amide bonds. The van der Waals surface area contributed by atoms with E-state index >= 15 is 0 Å². The summed E-state index contributed by atoms with van der Waals surface area (Å²) in [5, 5.41) is 1.89. The Bertz CT molecular complexity index is 869. The number of hydrogen-bond donors (Lipinski definition) is 0. The topological polar surface area (TPSA) is 55.8 Å². The van der Waals surface area contributed by atoms with Crippen LogP contribution < -0.4 is 0 Å². The number of halogens is 1. The standard InChI is InChI=1S/C21H20FNO4S/c1-26-20(24)16-12-23(10-9-14-5-7-15(22)8-6-14)13-17(21(25)27-2)19(16)18-4-3-11-28-18/h3-8,11-13,19H,9-10H2,1-2H3. The van der Waals surface area contributed by atoms with E-state index in [2.05, 4.69) is 0 Å². The van der Waals surface area contributed by atoms with Gasteiger partial charge < -0.3 is 14.4 Å². The third-order valence-electron chi connectivity index (χ3n) is 4.47. The van der Waals surface area contributed by atoms with E-state index in [1.54, 1.807) is 29.4 Å². The van der Waals surface area contributed by atoms with Crippen LogP contribution in [0.3, 0.4) is 0 Å². The molecule has 28 heavy (non-hydrogen) atoms. The van der Waals surface area contributed by atoms with Gasteiger partial charge in [-0.25, -0.2) is 14.0 Å². The summed E-state index contributed by atoms with van der Waals surface area (Å²) in [6, 6.07) is 9.97. The highest BCUT2D eigenvalue weighted by molar-refractivity contribution is 7.10. The van der Waals surface area contributed by atoms with Crippen molar-refractivity contribution in [3.63, 3.8) is 0 Å². The number of methoxy groups -OCH3 is 2. The number of carbonyl (C=O) groups excluding carboxylic acids is 2. The number of ether oxygens (including phenoxy) is 2. The van der Waals surface area contributed by atoms with Crippen molar-refractivity contribution in [2.24, 2.45) is 0 Å². The van der Waals surface area contributed by atoms with Gasteiger partial charge in [-0.05, 0) is 35.6 Å². The maximum Gasteiger partial charge on any atom is 0.336 e. The van der Waals surface area contributed by atoms with Crippen LogP contribution in [0.25, 0.3) is 0 Å². The van der Waals surface area contributed by atoms with E-state index in [4.69, 9.17) is 9.47 Å². The summed E-state index contributed by atoms with van der Waals surface area (Å²) in [6.45, 7) is 0.504. The number of nitrogens with zero attached hydrogens (tertiary/aromatic N) is 1. The van der Waals surface area contributed by atoms with Crippen molar-refractivity contribution < 1.29 is 23.5 Å². The Morgan fingerprint density at radius 1 is 1.04 bits per heavy atom. The summed E-state index contributed by atoms with van der Waals surface area (Å²) < 4.78 is 23.0. The molecule has 0 atom stereocenters. The van der Waals surface area contributed by atoms with E-state index in [9.17, 15) is 14.0 Å². The molecule has 1 aliphatic rings.